The van der Waals surface area contributed by atoms with Crippen LogP contribution in [0.3, 0.4) is 0 Å². The van der Waals surface area contributed by atoms with Crippen molar-refractivity contribution in [2.75, 3.05) is 6.54 Å². The highest BCUT2D eigenvalue weighted by Gasteiger charge is 2.01. The summed E-state index contributed by atoms with van der Waals surface area (Å²) < 4.78 is 0. The van der Waals surface area contributed by atoms with Crippen LogP contribution in [0.2, 0.25) is 0 Å². The van der Waals surface area contributed by atoms with Crippen LogP contribution in [0, 0.1) is 0 Å². The molecular formula is C13H17NO. The highest BCUT2D eigenvalue weighted by atomic mass is 16.1. The smallest absolute Gasteiger partial charge is 0.142 e. The molecule has 0 saturated carbocycles. The lowest BCUT2D eigenvalue weighted by atomic mass is 10.1. The van der Waals surface area contributed by atoms with E-state index in [1.54, 1.807) is 6.08 Å². The molecule has 0 heterocycles. The topological polar surface area (TPSA) is 29.1 Å². The monoisotopic (exact) mass is 203 g/mol. The zero-order valence-electron chi connectivity index (χ0n) is 9.23. The van der Waals surface area contributed by atoms with Gasteiger partial charge in [0.1, 0.15) is 6.29 Å². The number of allylic oxidation sites excluding steroid dienone is 1. The van der Waals surface area contributed by atoms with Gasteiger partial charge in [0.25, 0.3) is 0 Å². The zero-order chi connectivity index (χ0) is 11.1. The van der Waals surface area contributed by atoms with Crippen molar-refractivity contribution in [3.05, 3.63) is 41.5 Å². The molecule has 0 aliphatic rings. The molecule has 0 aliphatic heterocycles. The molecule has 0 saturated heterocycles. The molecule has 0 bridgehead atoms. The Labute approximate surface area is 91.0 Å². The van der Waals surface area contributed by atoms with Crippen molar-refractivity contribution in [2.24, 2.45) is 0 Å². The minimum Gasteiger partial charge on any atom is -0.310 e. The van der Waals surface area contributed by atoms with Gasteiger partial charge in [-0.25, -0.2) is 0 Å². The predicted octanol–water partition coefficient (Wildman–Crippen LogP) is 2.57. The van der Waals surface area contributed by atoms with E-state index in [1.165, 1.54) is 11.6 Å². The molecule has 0 aliphatic carbocycles. The maximum atomic E-state index is 10.1. The summed E-state index contributed by atoms with van der Waals surface area (Å²) in [6.45, 7) is 5.20. The van der Waals surface area contributed by atoms with Crippen LogP contribution in [0.5, 0.6) is 0 Å². The Hall–Kier alpha value is -1.41. The van der Waals surface area contributed by atoms with Gasteiger partial charge >= 0.3 is 0 Å². The van der Waals surface area contributed by atoms with Gasteiger partial charge in [0.05, 0.1) is 0 Å². The molecule has 1 aromatic rings. The van der Waals surface area contributed by atoms with E-state index in [9.17, 15) is 4.79 Å². The Kier molecular flexibility index (Phi) is 4.78. The van der Waals surface area contributed by atoms with Crippen molar-refractivity contribution in [2.45, 2.75) is 19.9 Å². The Morgan fingerprint density at radius 3 is 2.53 bits per heavy atom. The molecule has 1 rings (SSSR count). The highest BCUT2D eigenvalue weighted by Crippen LogP contribution is 2.13. The van der Waals surface area contributed by atoms with Crippen LogP contribution in [0.1, 0.15) is 31.0 Å². The molecule has 0 radical (unpaired) electrons. The quantitative estimate of drug-likeness (QED) is 0.588. The molecule has 1 N–H and O–H groups in total. The molecule has 1 aromatic carbocycles. The third-order valence-electron chi connectivity index (χ3n) is 2.31. The van der Waals surface area contributed by atoms with Gasteiger partial charge in [0, 0.05) is 6.04 Å². The SMILES string of the molecule is CCNC(C)c1ccc(/C=C/C=O)cc1. The highest BCUT2D eigenvalue weighted by molar-refractivity contribution is 5.73. The van der Waals surface area contributed by atoms with Gasteiger partial charge < -0.3 is 5.32 Å². The number of hydrogen-bond acceptors (Lipinski definition) is 2. The van der Waals surface area contributed by atoms with Crippen molar-refractivity contribution >= 4 is 12.4 Å². The Balaban J connectivity index is 2.71. The van der Waals surface area contributed by atoms with E-state index in [4.69, 9.17) is 0 Å². The lowest BCUT2D eigenvalue weighted by molar-refractivity contribution is -0.104. The molecule has 0 amide bonds. The standard InChI is InChI=1S/C13H17NO/c1-3-14-11(2)13-8-6-12(7-9-13)5-4-10-15/h4-11,14H,3H2,1-2H3/b5-4+. The van der Waals surface area contributed by atoms with Crippen molar-refractivity contribution in [1.29, 1.82) is 0 Å². The molecule has 80 valence electrons. The summed E-state index contributed by atoms with van der Waals surface area (Å²) in [5.41, 5.74) is 2.31. The molecule has 2 heteroatoms. The molecule has 0 spiro atoms. The van der Waals surface area contributed by atoms with E-state index in [-0.39, 0.29) is 0 Å². The average molecular weight is 203 g/mol. The van der Waals surface area contributed by atoms with Gasteiger partial charge in [-0.2, -0.15) is 0 Å². The molecule has 2 nitrogen and oxygen atoms in total. The Bertz CT molecular complexity index is 327. The van der Waals surface area contributed by atoms with Crippen molar-refractivity contribution < 1.29 is 4.79 Å². The first-order valence-electron chi connectivity index (χ1n) is 5.23. The maximum Gasteiger partial charge on any atom is 0.142 e. The third-order valence-corrected chi connectivity index (χ3v) is 2.31. The third kappa shape index (κ3) is 3.68. The molecular weight excluding hydrogens is 186 g/mol. The largest absolute Gasteiger partial charge is 0.310 e. The van der Waals surface area contributed by atoms with Gasteiger partial charge in [0.15, 0.2) is 0 Å². The molecule has 15 heavy (non-hydrogen) atoms. The minimum absolute atomic E-state index is 0.374. The number of benzene rings is 1. The van der Waals surface area contributed by atoms with Gasteiger partial charge in [-0.05, 0) is 30.7 Å². The van der Waals surface area contributed by atoms with Crippen LogP contribution >= 0.6 is 0 Å². The van der Waals surface area contributed by atoms with Gasteiger partial charge in [-0.1, -0.05) is 37.3 Å². The van der Waals surface area contributed by atoms with Crippen LogP contribution in [0.25, 0.3) is 6.08 Å². The van der Waals surface area contributed by atoms with E-state index in [0.29, 0.717) is 6.04 Å². The van der Waals surface area contributed by atoms with Crippen molar-refractivity contribution in [3.8, 4) is 0 Å². The van der Waals surface area contributed by atoms with E-state index in [2.05, 4.69) is 31.3 Å². The maximum absolute atomic E-state index is 10.1. The predicted molar refractivity (Wildman–Crippen MR) is 63.6 cm³/mol. The Morgan fingerprint density at radius 1 is 1.33 bits per heavy atom. The second-order valence-electron chi connectivity index (χ2n) is 3.44. The number of carbonyl (C=O) groups excluding carboxylic acids is 1. The average Bonchev–Trinajstić information content (AvgIpc) is 2.27. The summed E-state index contributed by atoms with van der Waals surface area (Å²) in [5, 5.41) is 3.35. The molecule has 0 aromatic heterocycles. The van der Waals surface area contributed by atoms with E-state index in [0.717, 1.165) is 18.4 Å². The normalized spacial score (nSPS) is 12.9. The first-order chi connectivity index (χ1) is 7.27. The molecule has 1 unspecified atom stereocenters. The van der Waals surface area contributed by atoms with Gasteiger partial charge in [0.2, 0.25) is 0 Å². The lowest BCUT2D eigenvalue weighted by Crippen LogP contribution is -2.17. The summed E-state index contributed by atoms with van der Waals surface area (Å²) in [4.78, 5) is 10.1. The second-order valence-corrected chi connectivity index (χ2v) is 3.44. The summed E-state index contributed by atoms with van der Waals surface area (Å²) in [7, 11) is 0. The first kappa shape index (κ1) is 11.7. The number of nitrogens with one attached hydrogen (secondary N) is 1. The fourth-order valence-corrected chi connectivity index (χ4v) is 1.47. The fraction of sp³-hybridized carbons (Fsp3) is 0.308. The number of carbonyl (C=O) groups is 1. The van der Waals surface area contributed by atoms with Crippen LogP contribution < -0.4 is 5.32 Å². The van der Waals surface area contributed by atoms with E-state index in [1.807, 2.05) is 12.1 Å². The summed E-state index contributed by atoms with van der Waals surface area (Å²) in [6, 6.07) is 8.57. The second kappa shape index (κ2) is 6.14. The first-order valence-corrected chi connectivity index (χ1v) is 5.23. The zero-order valence-corrected chi connectivity index (χ0v) is 9.23. The number of hydrogen-bond donors (Lipinski definition) is 1. The summed E-state index contributed by atoms with van der Waals surface area (Å²) in [5.74, 6) is 0. The summed E-state index contributed by atoms with van der Waals surface area (Å²) >= 11 is 0. The van der Waals surface area contributed by atoms with Gasteiger partial charge in [-0.3, -0.25) is 4.79 Å². The van der Waals surface area contributed by atoms with E-state index < -0.39 is 0 Å². The van der Waals surface area contributed by atoms with Crippen LogP contribution in [-0.2, 0) is 4.79 Å². The minimum atomic E-state index is 0.374. The molecule has 0 fully saturated rings. The number of rotatable bonds is 5. The van der Waals surface area contributed by atoms with Crippen LogP contribution in [-0.4, -0.2) is 12.8 Å². The van der Waals surface area contributed by atoms with Gasteiger partial charge in [-0.15, -0.1) is 0 Å². The fourth-order valence-electron chi connectivity index (χ4n) is 1.47. The lowest BCUT2D eigenvalue weighted by Gasteiger charge is -2.12. The number of aldehydes is 1. The van der Waals surface area contributed by atoms with Crippen molar-refractivity contribution in [3.63, 3.8) is 0 Å². The van der Waals surface area contributed by atoms with E-state index >= 15 is 0 Å². The van der Waals surface area contributed by atoms with Crippen LogP contribution in [0.4, 0.5) is 0 Å². The summed E-state index contributed by atoms with van der Waals surface area (Å²) in [6.07, 6.45) is 4.09. The Morgan fingerprint density at radius 2 is 2.00 bits per heavy atom. The van der Waals surface area contributed by atoms with Crippen molar-refractivity contribution in [1.82, 2.24) is 5.32 Å². The van der Waals surface area contributed by atoms with Crippen LogP contribution in [0.15, 0.2) is 30.3 Å². The molecule has 1 atom stereocenters.